The number of hydrogen-bond donors (Lipinski definition) is 2. The Morgan fingerprint density at radius 2 is 2.20 bits per heavy atom. The van der Waals surface area contributed by atoms with Crippen LogP contribution in [0.4, 0.5) is 0 Å². The summed E-state index contributed by atoms with van der Waals surface area (Å²) in [6, 6.07) is 0. The molecule has 2 N–H and O–H groups in total. The summed E-state index contributed by atoms with van der Waals surface area (Å²) in [6.07, 6.45) is 8.82. The van der Waals surface area contributed by atoms with Crippen molar-refractivity contribution in [3.63, 3.8) is 0 Å². The lowest BCUT2D eigenvalue weighted by atomic mass is 9.85. The predicted molar refractivity (Wildman–Crippen MR) is 84.3 cm³/mol. The van der Waals surface area contributed by atoms with Gasteiger partial charge in [-0.3, -0.25) is 4.21 Å². The maximum Gasteiger partial charge on any atom is 0.0897 e. The first-order chi connectivity index (χ1) is 9.59. The zero-order valence-corrected chi connectivity index (χ0v) is 13.5. The molecule has 0 bridgehead atoms. The number of hydrogen-bond acceptors (Lipinski definition) is 4. The van der Waals surface area contributed by atoms with E-state index in [2.05, 4.69) is 24.4 Å². The molecular weight excluding hydrogens is 274 g/mol. The van der Waals surface area contributed by atoms with E-state index in [9.17, 15) is 9.32 Å². The Balaban J connectivity index is 1.98. The standard InChI is InChI=1S/C15H29NO3S/c1-13-6-3-4-7-14(13)11-19-12-15(17)10-16-8-5-9-20(2)18/h3-4,13-17H,5-12H2,1-2H3. The van der Waals surface area contributed by atoms with Crippen molar-refractivity contribution in [3.05, 3.63) is 12.2 Å². The van der Waals surface area contributed by atoms with Gasteiger partial charge in [0, 0.05) is 29.4 Å². The third-order valence-electron chi connectivity index (χ3n) is 3.73. The molecule has 0 aromatic heterocycles. The molecule has 1 rings (SSSR count). The minimum absolute atomic E-state index is 0.389. The Bertz CT molecular complexity index is 309. The lowest BCUT2D eigenvalue weighted by molar-refractivity contribution is 0.0129. The van der Waals surface area contributed by atoms with E-state index in [4.69, 9.17) is 4.74 Å². The topological polar surface area (TPSA) is 58.6 Å². The van der Waals surface area contributed by atoms with Gasteiger partial charge in [0.2, 0.25) is 0 Å². The molecule has 20 heavy (non-hydrogen) atoms. The molecule has 0 saturated heterocycles. The van der Waals surface area contributed by atoms with Crippen molar-refractivity contribution in [3.8, 4) is 0 Å². The largest absolute Gasteiger partial charge is 0.389 e. The number of aliphatic hydroxyl groups is 1. The van der Waals surface area contributed by atoms with Gasteiger partial charge in [-0.05, 0) is 37.6 Å². The number of aliphatic hydroxyl groups excluding tert-OH is 1. The Morgan fingerprint density at radius 3 is 2.90 bits per heavy atom. The fourth-order valence-corrected chi connectivity index (χ4v) is 2.87. The third-order valence-corrected chi connectivity index (χ3v) is 4.59. The van der Waals surface area contributed by atoms with E-state index in [0.29, 0.717) is 30.7 Å². The molecule has 4 unspecified atom stereocenters. The zero-order valence-electron chi connectivity index (χ0n) is 12.7. The first kappa shape index (κ1) is 17.8. The van der Waals surface area contributed by atoms with Crippen LogP contribution in [-0.4, -0.2) is 53.7 Å². The summed E-state index contributed by atoms with van der Waals surface area (Å²) >= 11 is 0. The lowest BCUT2D eigenvalue weighted by Crippen LogP contribution is -2.32. The fraction of sp³-hybridized carbons (Fsp3) is 0.867. The predicted octanol–water partition coefficient (Wildman–Crippen LogP) is 1.32. The molecule has 0 saturated carbocycles. The highest BCUT2D eigenvalue weighted by Gasteiger charge is 2.18. The Morgan fingerprint density at radius 1 is 1.45 bits per heavy atom. The van der Waals surface area contributed by atoms with Crippen molar-refractivity contribution in [1.82, 2.24) is 5.32 Å². The van der Waals surface area contributed by atoms with Gasteiger partial charge in [-0.15, -0.1) is 0 Å². The molecule has 1 aliphatic carbocycles. The number of ether oxygens (including phenoxy) is 1. The summed E-state index contributed by atoms with van der Waals surface area (Å²) in [5.41, 5.74) is 0. The van der Waals surface area contributed by atoms with Crippen molar-refractivity contribution in [2.24, 2.45) is 11.8 Å². The molecule has 0 aliphatic heterocycles. The van der Waals surface area contributed by atoms with Gasteiger partial charge < -0.3 is 15.2 Å². The summed E-state index contributed by atoms with van der Waals surface area (Å²) in [7, 11) is -0.724. The van der Waals surface area contributed by atoms with Crippen LogP contribution in [-0.2, 0) is 15.5 Å². The summed E-state index contributed by atoms with van der Waals surface area (Å²) < 4.78 is 16.5. The van der Waals surface area contributed by atoms with Crippen LogP contribution >= 0.6 is 0 Å². The van der Waals surface area contributed by atoms with Crippen LogP contribution in [0.3, 0.4) is 0 Å². The van der Waals surface area contributed by atoms with Crippen LogP contribution in [0.2, 0.25) is 0 Å². The highest BCUT2D eigenvalue weighted by atomic mass is 32.2. The molecule has 0 aromatic carbocycles. The van der Waals surface area contributed by atoms with Crippen molar-refractivity contribution in [1.29, 1.82) is 0 Å². The van der Waals surface area contributed by atoms with Crippen molar-refractivity contribution < 1.29 is 14.1 Å². The van der Waals surface area contributed by atoms with Gasteiger partial charge in [-0.2, -0.15) is 0 Å². The summed E-state index contributed by atoms with van der Waals surface area (Å²) in [5, 5.41) is 13.0. The number of allylic oxidation sites excluding steroid dienone is 2. The van der Waals surface area contributed by atoms with Gasteiger partial charge >= 0.3 is 0 Å². The van der Waals surface area contributed by atoms with Crippen molar-refractivity contribution in [2.45, 2.75) is 32.3 Å². The monoisotopic (exact) mass is 303 g/mol. The van der Waals surface area contributed by atoms with Crippen LogP contribution in [0.5, 0.6) is 0 Å². The average Bonchev–Trinajstić information content (AvgIpc) is 2.40. The number of nitrogens with one attached hydrogen (secondary N) is 1. The normalized spacial score (nSPS) is 25.6. The molecule has 0 fully saturated rings. The molecule has 4 nitrogen and oxygen atoms in total. The van der Waals surface area contributed by atoms with E-state index in [1.807, 2.05) is 0 Å². The number of rotatable bonds is 10. The molecule has 0 aromatic rings. The van der Waals surface area contributed by atoms with E-state index >= 15 is 0 Å². The van der Waals surface area contributed by atoms with Gasteiger partial charge in [0.15, 0.2) is 0 Å². The fourth-order valence-electron chi connectivity index (χ4n) is 2.32. The maximum absolute atomic E-state index is 10.9. The smallest absolute Gasteiger partial charge is 0.0897 e. The molecule has 0 radical (unpaired) electrons. The average molecular weight is 303 g/mol. The van der Waals surface area contributed by atoms with Gasteiger partial charge in [0.25, 0.3) is 0 Å². The van der Waals surface area contributed by atoms with E-state index in [0.717, 1.165) is 32.4 Å². The molecule has 0 heterocycles. The zero-order chi connectivity index (χ0) is 14.8. The minimum Gasteiger partial charge on any atom is -0.389 e. The third kappa shape index (κ3) is 8.15. The molecule has 0 spiro atoms. The first-order valence-corrected chi connectivity index (χ1v) is 9.24. The molecule has 4 atom stereocenters. The summed E-state index contributed by atoms with van der Waals surface area (Å²) in [5.74, 6) is 1.97. The van der Waals surface area contributed by atoms with Crippen molar-refractivity contribution >= 4 is 10.8 Å². The van der Waals surface area contributed by atoms with Crippen LogP contribution in [0, 0.1) is 11.8 Å². The van der Waals surface area contributed by atoms with Crippen LogP contribution in [0.1, 0.15) is 26.2 Å². The highest BCUT2D eigenvalue weighted by Crippen LogP contribution is 2.24. The lowest BCUT2D eigenvalue weighted by Gasteiger charge is -2.25. The Hall–Kier alpha value is -0.230. The molecule has 0 amide bonds. The maximum atomic E-state index is 10.9. The minimum atomic E-state index is -0.724. The molecule has 5 heteroatoms. The van der Waals surface area contributed by atoms with Gasteiger partial charge in [0.05, 0.1) is 19.3 Å². The van der Waals surface area contributed by atoms with E-state index in [-0.39, 0.29) is 0 Å². The second kappa shape index (κ2) is 10.5. The van der Waals surface area contributed by atoms with E-state index in [1.54, 1.807) is 6.26 Å². The quantitative estimate of drug-likeness (QED) is 0.472. The SMILES string of the molecule is CC1CC=CCC1COCC(O)CNCCCS(C)=O. The van der Waals surface area contributed by atoms with Gasteiger partial charge in [-0.1, -0.05) is 19.1 Å². The summed E-state index contributed by atoms with van der Waals surface area (Å²) in [4.78, 5) is 0. The second-order valence-electron chi connectivity index (χ2n) is 5.71. The van der Waals surface area contributed by atoms with Crippen LogP contribution < -0.4 is 5.32 Å². The molecular formula is C15H29NO3S. The second-order valence-corrected chi connectivity index (χ2v) is 7.26. The van der Waals surface area contributed by atoms with Crippen LogP contribution in [0.15, 0.2) is 12.2 Å². The van der Waals surface area contributed by atoms with Gasteiger partial charge in [0.1, 0.15) is 0 Å². The van der Waals surface area contributed by atoms with E-state index in [1.165, 1.54) is 0 Å². The van der Waals surface area contributed by atoms with E-state index < -0.39 is 16.9 Å². The Kier molecular flexibility index (Phi) is 9.35. The molecule has 1 aliphatic rings. The van der Waals surface area contributed by atoms with Gasteiger partial charge in [-0.25, -0.2) is 0 Å². The summed E-state index contributed by atoms with van der Waals surface area (Å²) in [6.45, 7) is 4.71. The highest BCUT2D eigenvalue weighted by molar-refractivity contribution is 7.84. The molecule has 118 valence electrons. The Labute approximate surface area is 125 Å². The first-order valence-electron chi connectivity index (χ1n) is 7.51. The van der Waals surface area contributed by atoms with Crippen molar-refractivity contribution in [2.75, 3.05) is 38.3 Å². The van der Waals surface area contributed by atoms with Crippen LogP contribution in [0.25, 0.3) is 0 Å².